The normalized spacial score (nSPS) is 17.8. The molecule has 0 spiro atoms. The van der Waals surface area contributed by atoms with Gasteiger partial charge in [0.15, 0.2) is 0 Å². The highest BCUT2D eigenvalue weighted by atomic mass is 16.5. The molecule has 3 heteroatoms. The van der Waals surface area contributed by atoms with Crippen molar-refractivity contribution < 1.29 is 9.84 Å². The van der Waals surface area contributed by atoms with E-state index in [1.54, 1.807) is 0 Å². The molecule has 0 aromatic rings. The molecule has 3 N–H and O–H groups in total. The van der Waals surface area contributed by atoms with E-state index < -0.39 is 5.54 Å². The van der Waals surface area contributed by atoms with E-state index in [0.29, 0.717) is 6.10 Å². The van der Waals surface area contributed by atoms with E-state index in [-0.39, 0.29) is 6.61 Å². The third kappa shape index (κ3) is 5.58. The number of ether oxygens (including phenoxy) is 1. The van der Waals surface area contributed by atoms with E-state index in [2.05, 4.69) is 13.8 Å². The van der Waals surface area contributed by atoms with Crippen LogP contribution in [0.1, 0.15) is 46.5 Å². The second kappa shape index (κ2) is 7.21. The standard InChI is InChI=1S/C11H25NO2/c1-4-10(3)14-8-6-7-11(12,5-2)9-13/h10,13H,4-9,12H2,1-3H3. The maximum absolute atomic E-state index is 9.07. The van der Waals surface area contributed by atoms with E-state index in [9.17, 15) is 0 Å². The Hall–Kier alpha value is -0.120. The highest BCUT2D eigenvalue weighted by Crippen LogP contribution is 2.13. The van der Waals surface area contributed by atoms with Crippen molar-refractivity contribution >= 4 is 0 Å². The first-order chi connectivity index (χ1) is 6.58. The molecule has 2 atom stereocenters. The molecule has 0 aromatic heterocycles. The molecule has 0 radical (unpaired) electrons. The number of hydrogen-bond acceptors (Lipinski definition) is 3. The van der Waals surface area contributed by atoms with Gasteiger partial charge in [-0.1, -0.05) is 13.8 Å². The molecule has 0 saturated carbocycles. The SMILES string of the molecule is CCC(C)OCCCC(N)(CC)CO. The largest absolute Gasteiger partial charge is 0.394 e. The average Bonchev–Trinajstić information content (AvgIpc) is 2.23. The molecule has 0 amide bonds. The van der Waals surface area contributed by atoms with Crippen LogP contribution < -0.4 is 5.73 Å². The van der Waals surface area contributed by atoms with Gasteiger partial charge in [0, 0.05) is 12.1 Å². The monoisotopic (exact) mass is 203 g/mol. The van der Waals surface area contributed by atoms with Gasteiger partial charge in [0.25, 0.3) is 0 Å². The van der Waals surface area contributed by atoms with Crippen LogP contribution in [0, 0.1) is 0 Å². The Morgan fingerprint density at radius 2 is 2.07 bits per heavy atom. The lowest BCUT2D eigenvalue weighted by molar-refractivity contribution is 0.0549. The number of hydrogen-bond donors (Lipinski definition) is 2. The number of aliphatic hydroxyl groups is 1. The van der Waals surface area contributed by atoms with Gasteiger partial charge in [-0.15, -0.1) is 0 Å². The predicted molar refractivity (Wildman–Crippen MR) is 59.2 cm³/mol. The fraction of sp³-hybridized carbons (Fsp3) is 1.00. The van der Waals surface area contributed by atoms with Gasteiger partial charge in [-0.25, -0.2) is 0 Å². The Labute approximate surface area is 87.6 Å². The topological polar surface area (TPSA) is 55.5 Å². The lowest BCUT2D eigenvalue weighted by Crippen LogP contribution is -2.43. The molecule has 2 unspecified atom stereocenters. The zero-order valence-electron chi connectivity index (χ0n) is 9.75. The molecule has 0 aliphatic heterocycles. The van der Waals surface area contributed by atoms with Gasteiger partial charge in [0.1, 0.15) is 0 Å². The molecule has 14 heavy (non-hydrogen) atoms. The van der Waals surface area contributed by atoms with Crippen LogP contribution in [-0.2, 0) is 4.74 Å². The summed E-state index contributed by atoms with van der Waals surface area (Å²) in [7, 11) is 0. The van der Waals surface area contributed by atoms with Crippen molar-refractivity contribution in [3.05, 3.63) is 0 Å². The van der Waals surface area contributed by atoms with Crippen molar-refractivity contribution in [2.45, 2.75) is 58.1 Å². The van der Waals surface area contributed by atoms with Crippen LogP contribution in [-0.4, -0.2) is 30.0 Å². The first-order valence-electron chi connectivity index (χ1n) is 5.59. The number of nitrogens with two attached hydrogens (primary N) is 1. The maximum Gasteiger partial charge on any atom is 0.0611 e. The molecular formula is C11H25NO2. The van der Waals surface area contributed by atoms with Gasteiger partial charge in [0.05, 0.1) is 12.7 Å². The number of aliphatic hydroxyl groups excluding tert-OH is 1. The van der Waals surface area contributed by atoms with Crippen molar-refractivity contribution in [1.29, 1.82) is 0 Å². The Bertz CT molecular complexity index is 135. The zero-order chi connectivity index (χ0) is 11.0. The fourth-order valence-corrected chi connectivity index (χ4v) is 1.19. The summed E-state index contributed by atoms with van der Waals surface area (Å²) in [5.74, 6) is 0. The minimum atomic E-state index is -0.404. The Balaban J connectivity index is 3.52. The minimum absolute atomic E-state index is 0.0623. The van der Waals surface area contributed by atoms with E-state index in [4.69, 9.17) is 15.6 Å². The summed E-state index contributed by atoms with van der Waals surface area (Å²) >= 11 is 0. The van der Waals surface area contributed by atoms with Crippen LogP contribution in [0.25, 0.3) is 0 Å². The van der Waals surface area contributed by atoms with Crippen LogP contribution in [0.5, 0.6) is 0 Å². The van der Waals surface area contributed by atoms with Crippen molar-refractivity contribution in [1.82, 2.24) is 0 Å². The van der Waals surface area contributed by atoms with Crippen molar-refractivity contribution in [3.63, 3.8) is 0 Å². The Kier molecular flexibility index (Phi) is 7.15. The predicted octanol–water partition coefficient (Wildman–Crippen LogP) is 1.68. The molecular weight excluding hydrogens is 178 g/mol. The van der Waals surface area contributed by atoms with Crippen LogP contribution in [0.4, 0.5) is 0 Å². The molecule has 86 valence electrons. The van der Waals surface area contributed by atoms with Crippen LogP contribution in [0.2, 0.25) is 0 Å². The third-order valence-corrected chi connectivity index (χ3v) is 2.82. The summed E-state index contributed by atoms with van der Waals surface area (Å²) in [4.78, 5) is 0. The Morgan fingerprint density at radius 3 is 2.50 bits per heavy atom. The summed E-state index contributed by atoms with van der Waals surface area (Å²) in [5, 5.41) is 9.07. The van der Waals surface area contributed by atoms with Gasteiger partial charge in [0.2, 0.25) is 0 Å². The van der Waals surface area contributed by atoms with Gasteiger partial charge in [-0.2, -0.15) is 0 Å². The average molecular weight is 203 g/mol. The smallest absolute Gasteiger partial charge is 0.0611 e. The van der Waals surface area contributed by atoms with Gasteiger partial charge >= 0.3 is 0 Å². The van der Waals surface area contributed by atoms with Gasteiger partial charge < -0.3 is 15.6 Å². The van der Waals surface area contributed by atoms with E-state index in [1.807, 2.05) is 6.92 Å². The zero-order valence-corrected chi connectivity index (χ0v) is 9.75. The summed E-state index contributed by atoms with van der Waals surface area (Å²) in [6.45, 7) is 6.99. The highest BCUT2D eigenvalue weighted by molar-refractivity contribution is 4.81. The van der Waals surface area contributed by atoms with Crippen LogP contribution >= 0.6 is 0 Å². The summed E-state index contributed by atoms with van der Waals surface area (Å²) in [6, 6.07) is 0. The van der Waals surface area contributed by atoms with Crippen molar-refractivity contribution in [2.24, 2.45) is 5.73 Å². The molecule has 0 fully saturated rings. The first-order valence-corrected chi connectivity index (χ1v) is 5.59. The summed E-state index contributed by atoms with van der Waals surface area (Å²) in [6.07, 6.45) is 3.94. The van der Waals surface area contributed by atoms with Gasteiger partial charge in [-0.05, 0) is 32.6 Å². The fourth-order valence-electron chi connectivity index (χ4n) is 1.19. The Morgan fingerprint density at radius 1 is 1.43 bits per heavy atom. The van der Waals surface area contributed by atoms with E-state index >= 15 is 0 Å². The molecule has 0 rings (SSSR count). The summed E-state index contributed by atoms with van der Waals surface area (Å²) in [5.41, 5.74) is 5.54. The first kappa shape index (κ1) is 13.9. The van der Waals surface area contributed by atoms with E-state index in [0.717, 1.165) is 32.3 Å². The van der Waals surface area contributed by atoms with Crippen LogP contribution in [0.3, 0.4) is 0 Å². The summed E-state index contributed by atoms with van der Waals surface area (Å²) < 4.78 is 5.54. The number of rotatable bonds is 8. The molecule has 0 aliphatic rings. The third-order valence-electron chi connectivity index (χ3n) is 2.82. The second-order valence-electron chi connectivity index (χ2n) is 4.07. The van der Waals surface area contributed by atoms with Crippen molar-refractivity contribution in [2.75, 3.05) is 13.2 Å². The highest BCUT2D eigenvalue weighted by Gasteiger charge is 2.20. The molecule has 0 aromatic carbocycles. The molecule has 3 nitrogen and oxygen atoms in total. The molecule has 0 bridgehead atoms. The maximum atomic E-state index is 9.07. The van der Waals surface area contributed by atoms with Crippen LogP contribution in [0.15, 0.2) is 0 Å². The van der Waals surface area contributed by atoms with E-state index in [1.165, 1.54) is 0 Å². The molecule has 0 saturated heterocycles. The molecule has 0 heterocycles. The lowest BCUT2D eigenvalue weighted by atomic mass is 9.93. The lowest BCUT2D eigenvalue weighted by Gasteiger charge is -2.25. The minimum Gasteiger partial charge on any atom is -0.394 e. The molecule has 0 aliphatic carbocycles. The van der Waals surface area contributed by atoms with Gasteiger partial charge in [-0.3, -0.25) is 0 Å². The second-order valence-corrected chi connectivity index (χ2v) is 4.07. The quantitative estimate of drug-likeness (QED) is 0.590. The van der Waals surface area contributed by atoms with Crippen molar-refractivity contribution in [3.8, 4) is 0 Å².